The topological polar surface area (TPSA) is 32.3 Å². The number of thiophene rings is 1. The van der Waals surface area contributed by atoms with Gasteiger partial charge in [0.2, 0.25) is 0 Å². The molecule has 2 aromatic rings. The van der Waals surface area contributed by atoms with Crippen LogP contribution in [0.25, 0.3) is 0 Å². The van der Waals surface area contributed by atoms with Gasteiger partial charge in [0.1, 0.15) is 11.6 Å². The van der Waals surface area contributed by atoms with Crippen molar-refractivity contribution >= 4 is 11.3 Å². The van der Waals surface area contributed by atoms with Crippen molar-refractivity contribution in [2.45, 2.75) is 32.4 Å². The van der Waals surface area contributed by atoms with Crippen LogP contribution in [0.1, 0.15) is 27.3 Å². The van der Waals surface area contributed by atoms with Gasteiger partial charge in [-0.3, -0.25) is 0 Å². The first kappa shape index (κ1) is 12.6. The van der Waals surface area contributed by atoms with Gasteiger partial charge in [0.15, 0.2) is 0 Å². The number of fused-ring (bicyclic) bond motifs is 1. The first-order valence-electron chi connectivity index (χ1n) is 6.51. The van der Waals surface area contributed by atoms with E-state index in [0.29, 0.717) is 12.1 Å². The molecule has 0 atom stereocenters. The molecule has 2 N–H and O–H groups in total. The summed E-state index contributed by atoms with van der Waals surface area (Å²) in [6.45, 7) is 1.25. The van der Waals surface area contributed by atoms with Crippen molar-refractivity contribution in [3.63, 3.8) is 0 Å². The van der Waals surface area contributed by atoms with E-state index in [9.17, 15) is 9.50 Å². The van der Waals surface area contributed by atoms with Crippen molar-refractivity contribution in [1.82, 2.24) is 5.32 Å². The third-order valence-corrected chi connectivity index (χ3v) is 4.69. The maximum Gasteiger partial charge on any atom is 0.123 e. The molecule has 1 aliphatic rings. The number of halogens is 1. The molecule has 0 bridgehead atoms. The predicted molar refractivity (Wildman–Crippen MR) is 75.0 cm³/mol. The maximum absolute atomic E-state index is 13.1. The van der Waals surface area contributed by atoms with Crippen molar-refractivity contribution in [1.29, 1.82) is 0 Å². The summed E-state index contributed by atoms with van der Waals surface area (Å²) in [6.07, 6.45) is 3.70. The Morgan fingerprint density at radius 2 is 2.11 bits per heavy atom. The second-order valence-electron chi connectivity index (χ2n) is 4.89. The summed E-state index contributed by atoms with van der Waals surface area (Å²) >= 11 is 1.87. The Morgan fingerprint density at radius 1 is 1.21 bits per heavy atom. The van der Waals surface area contributed by atoms with Gasteiger partial charge in [0.25, 0.3) is 0 Å². The molecule has 0 fully saturated rings. The molecule has 3 rings (SSSR count). The van der Waals surface area contributed by atoms with Crippen LogP contribution < -0.4 is 5.32 Å². The van der Waals surface area contributed by atoms with Gasteiger partial charge in [-0.25, -0.2) is 4.39 Å². The molecule has 0 unspecified atom stereocenters. The van der Waals surface area contributed by atoms with Crippen molar-refractivity contribution < 1.29 is 9.50 Å². The van der Waals surface area contributed by atoms with Crippen molar-refractivity contribution in [2.24, 2.45) is 0 Å². The molecule has 1 aromatic heterocycles. The van der Waals surface area contributed by atoms with Crippen LogP contribution in [0, 0.1) is 5.82 Å². The van der Waals surface area contributed by atoms with Gasteiger partial charge in [0, 0.05) is 28.4 Å². The average Bonchev–Trinajstić information content (AvgIpc) is 2.94. The van der Waals surface area contributed by atoms with Gasteiger partial charge < -0.3 is 10.4 Å². The summed E-state index contributed by atoms with van der Waals surface area (Å²) in [7, 11) is 0. The molecule has 1 aliphatic carbocycles. The van der Waals surface area contributed by atoms with E-state index in [4.69, 9.17) is 0 Å². The van der Waals surface area contributed by atoms with Crippen LogP contribution in [0.5, 0.6) is 5.75 Å². The maximum atomic E-state index is 13.1. The zero-order valence-electron chi connectivity index (χ0n) is 10.6. The molecule has 1 heterocycles. The van der Waals surface area contributed by atoms with Gasteiger partial charge in [-0.15, -0.1) is 11.3 Å². The first-order valence-corrected chi connectivity index (χ1v) is 7.32. The lowest BCUT2D eigenvalue weighted by atomic mass is 10.2. The molecule has 1 aromatic carbocycles. The van der Waals surface area contributed by atoms with Gasteiger partial charge in [-0.2, -0.15) is 0 Å². The van der Waals surface area contributed by atoms with E-state index in [1.54, 1.807) is 0 Å². The molecular weight excluding hydrogens is 261 g/mol. The third-order valence-electron chi connectivity index (χ3n) is 3.45. The lowest BCUT2D eigenvalue weighted by Crippen LogP contribution is -2.12. The highest BCUT2D eigenvalue weighted by Gasteiger charge is 2.14. The van der Waals surface area contributed by atoms with Crippen molar-refractivity contribution in [3.8, 4) is 5.75 Å². The molecule has 0 saturated carbocycles. The fourth-order valence-electron chi connectivity index (χ4n) is 2.49. The second kappa shape index (κ2) is 5.31. The summed E-state index contributed by atoms with van der Waals surface area (Å²) < 4.78 is 13.1. The molecule has 2 nitrogen and oxygen atoms in total. The Bertz CT molecular complexity index is 572. The highest BCUT2D eigenvalue weighted by molar-refractivity contribution is 7.12. The van der Waals surface area contributed by atoms with Crippen LogP contribution in [0.3, 0.4) is 0 Å². The number of phenolic OH excluding ortho intramolecular Hbond substituents is 1. The number of hydrogen-bond acceptors (Lipinski definition) is 3. The molecular formula is C15H16FNOS. The summed E-state index contributed by atoms with van der Waals surface area (Å²) in [5.74, 6) is -0.174. The lowest BCUT2D eigenvalue weighted by Gasteiger charge is -2.06. The van der Waals surface area contributed by atoms with Crippen molar-refractivity contribution in [2.75, 3.05) is 0 Å². The van der Waals surface area contributed by atoms with E-state index in [1.165, 1.54) is 52.8 Å². The number of rotatable bonds is 4. The van der Waals surface area contributed by atoms with Gasteiger partial charge >= 0.3 is 0 Å². The Balaban J connectivity index is 1.59. The molecule has 0 spiro atoms. The number of nitrogens with one attached hydrogen (secondary N) is 1. The molecule has 100 valence electrons. The van der Waals surface area contributed by atoms with Crippen LogP contribution in [0.15, 0.2) is 24.3 Å². The molecule has 0 amide bonds. The summed E-state index contributed by atoms with van der Waals surface area (Å²) in [5.41, 5.74) is 2.10. The van der Waals surface area contributed by atoms with E-state index in [-0.39, 0.29) is 11.6 Å². The minimum atomic E-state index is -0.315. The fraction of sp³-hybridized carbons (Fsp3) is 0.333. The minimum absolute atomic E-state index is 0.141. The highest BCUT2D eigenvalue weighted by atomic mass is 32.1. The average molecular weight is 277 g/mol. The number of phenols is 1. The monoisotopic (exact) mass is 277 g/mol. The molecule has 19 heavy (non-hydrogen) atoms. The lowest BCUT2D eigenvalue weighted by molar-refractivity contribution is 0.461. The fourth-order valence-corrected chi connectivity index (χ4v) is 3.72. The van der Waals surface area contributed by atoms with E-state index in [2.05, 4.69) is 11.4 Å². The Kier molecular flexibility index (Phi) is 3.53. The molecule has 0 radical (unpaired) electrons. The minimum Gasteiger partial charge on any atom is -0.508 e. The van der Waals surface area contributed by atoms with Crippen molar-refractivity contribution in [3.05, 3.63) is 51.0 Å². The summed E-state index contributed by atoms with van der Waals surface area (Å²) in [5, 5.41) is 12.9. The van der Waals surface area contributed by atoms with Gasteiger partial charge in [0.05, 0.1) is 0 Å². The highest BCUT2D eigenvalue weighted by Crippen LogP contribution is 2.30. The molecule has 4 heteroatoms. The Labute approximate surface area is 115 Å². The normalized spacial score (nSPS) is 13.7. The third kappa shape index (κ3) is 2.80. The van der Waals surface area contributed by atoms with E-state index < -0.39 is 0 Å². The van der Waals surface area contributed by atoms with Crippen LogP contribution in [-0.4, -0.2) is 5.11 Å². The summed E-state index contributed by atoms with van der Waals surface area (Å²) in [4.78, 5) is 2.84. The largest absolute Gasteiger partial charge is 0.508 e. The van der Waals surface area contributed by atoms with Crippen LogP contribution in [0.2, 0.25) is 0 Å². The van der Waals surface area contributed by atoms with E-state index in [0.717, 1.165) is 6.54 Å². The quantitative estimate of drug-likeness (QED) is 0.898. The van der Waals surface area contributed by atoms with Crippen LogP contribution in [0.4, 0.5) is 4.39 Å². The SMILES string of the molecule is Oc1ccc(F)cc1CNCc1cc2c(s1)CCC2. The number of hydrogen-bond donors (Lipinski definition) is 2. The first-order chi connectivity index (χ1) is 9.22. The zero-order chi connectivity index (χ0) is 13.2. The molecule has 0 saturated heterocycles. The van der Waals surface area contributed by atoms with E-state index in [1.807, 2.05) is 11.3 Å². The van der Waals surface area contributed by atoms with E-state index >= 15 is 0 Å². The van der Waals surface area contributed by atoms with Gasteiger partial charge in [-0.05, 0) is 49.1 Å². The van der Waals surface area contributed by atoms with Gasteiger partial charge in [-0.1, -0.05) is 0 Å². The predicted octanol–water partition coefficient (Wildman–Crippen LogP) is 3.37. The van der Waals surface area contributed by atoms with Crippen LogP contribution in [-0.2, 0) is 25.9 Å². The smallest absolute Gasteiger partial charge is 0.123 e. The number of aromatic hydroxyl groups is 1. The second-order valence-corrected chi connectivity index (χ2v) is 6.11. The summed E-state index contributed by atoms with van der Waals surface area (Å²) in [6, 6.07) is 6.30. The Hall–Kier alpha value is -1.39. The number of benzene rings is 1. The van der Waals surface area contributed by atoms with Crippen LogP contribution >= 0.6 is 11.3 Å². The zero-order valence-corrected chi connectivity index (χ0v) is 11.4. The Morgan fingerprint density at radius 3 is 2.95 bits per heavy atom. The number of aryl methyl sites for hydroxylation is 2. The molecule has 0 aliphatic heterocycles. The standard InChI is InChI=1S/C15H16FNOS/c16-12-4-5-14(18)11(6-12)8-17-9-13-7-10-2-1-3-15(10)19-13/h4-7,17-18H,1-3,8-9H2.